The number of hydrogen-bond acceptors (Lipinski definition) is 7. The molecule has 0 unspecified atom stereocenters. The van der Waals surface area contributed by atoms with Crippen LogP contribution in [0, 0.1) is 0 Å². The van der Waals surface area contributed by atoms with Crippen molar-refractivity contribution in [2.24, 2.45) is 0 Å². The highest BCUT2D eigenvalue weighted by Gasteiger charge is 2.18. The first-order valence-electron chi connectivity index (χ1n) is 9.69. The Morgan fingerprint density at radius 1 is 0.969 bits per heavy atom. The van der Waals surface area contributed by atoms with Crippen LogP contribution in [0.1, 0.15) is 17.4 Å². The van der Waals surface area contributed by atoms with Crippen molar-refractivity contribution in [1.29, 1.82) is 0 Å². The van der Waals surface area contributed by atoms with Crippen LogP contribution in [0.15, 0.2) is 65.3 Å². The van der Waals surface area contributed by atoms with Crippen molar-refractivity contribution in [3.05, 3.63) is 66.6 Å². The Balaban J connectivity index is 1.80. The normalized spacial score (nSPS) is 10.5. The molecule has 4 rings (SSSR count). The van der Waals surface area contributed by atoms with Gasteiger partial charge in [0.25, 0.3) is 0 Å². The molecular formula is C22H18N6O4. The Kier molecular flexibility index (Phi) is 5.84. The van der Waals surface area contributed by atoms with Crippen molar-refractivity contribution in [3.63, 3.8) is 0 Å². The molecule has 0 fully saturated rings. The smallest absolute Gasteiger partial charge is 0.354 e. The average Bonchev–Trinajstić information content (AvgIpc) is 3.30. The summed E-state index contributed by atoms with van der Waals surface area (Å²) in [6.07, 6.45) is 2.90. The zero-order valence-electron chi connectivity index (χ0n) is 16.9. The number of carboxylic acid groups (broad SMARTS) is 1. The van der Waals surface area contributed by atoms with E-state index in [9.17, 15) is 14.7 Å². The maximum absolute atomic E-state index is 11.9. The van der Waals surface area contributed by atoms with Gasteiger partial charge in [-0.3, -0.25) is 5.32 Å². The van der Waals surface area contributed by atoms with Crippen molar-refractivity contribution < 1.29 is 19.1 Å². The van der Waals surface area contributed by atoms with E-state index in [4.69, 9.17) is 4.42 Å². The minimum absolute atomic E-state index is 0.117. The van der Waals surface area contributed by atoms with Crippen LogP contribution in [0.25, 0.3) is 34.0 Å². The lowest BCUT2D eigenvalue weighted by atomic mass is 10.0. The molecule has 1 aromatic carbocycles. The lowest BCUT2D eigenvalue weighted by molar-refractivity contribution is 0.0690. The first kappa shape index (κ1) is 20.7. The molecule has 4 aromatic rings. The largest absolute Gasteiger partial charge is 0.477 e. The van der Waals surface area contributed by atoms with Gasteiger partial charge in [-0.2, -0.15) is 0 Å². The molecule has 0 aliphatic carbocycles. The topological polar surface area (TPSA) is 143 Å². The SMILES string of the molecule is CCNC(=O)Nc1cc(-c2nnc(-c3ccccc3)o2)c(-c2ccnc(C(=O)O)c2)cn1. The first-order chi connectivity index (χ1) is 15.5. The molecule has 3 heterocycles. The highest BCUT2D eigenvalue weighted by atomic mass is 16.4. The van der Waals surface area contributed by atoms with Gasteiger partial charge in [-0.15, -0.1) is 10.2 Å². The number of urea groups is 1. The van der Waals surface area contributed by atoms with Gasteiger partial charge in [0.1, 0.15) is 11.5 Å². The number of hydrogen-bond donors (Lipinski definition) is 3. The molecule has 0 spiro atoms. The molecule has 2 amide bonds. The third-order valence-corrected chi connectivity index (χ3v) is 4.45. The number of amides is 2. The summed E-state index contributed by atoms with van der Waals surface area (Å²) in [5.74, 6) is -0.377. The predicted molar refractivity (Wildman–Crippen MR) is 116 cm³/mol. The van der Waals surface area contributed by atoms with Crippen molar-refractivity contribution in [2.45, 2.75) is 6.92 Å². The van der Waals surface area contributed by atoms with E-state index in [1.807, 2.05) is 30.3 Å². The first-order valence-corrected chi connectivity index (χ1v) is 9.69. The molecule has 0 bridgehead atoms. The Morgan fingerprint density at radius 2 is 1.75 bits per heavy atom. The van der Waals surface area contributed by atoms with Crippen molar-refractivity contribution in [1.82, 2.24) is 25.5 Å². The van der Waals surface area contributed by atoms with Crippen LogP contribution < -0.4 is 10.6 Å². The summed E-state index contributed by atoms with van der Waals surface area (Å²) in [6, 6.07) is 13.5. The average molecular weight is 430 g/mol. The molecule has 0 aliphatic heterocycles. The van der Waals surface area contributed by atoms with Crippen LogP contribution in [0.2, 0.25) is 0 Å². The Hall–Kier alpha value is -4.60. The number of pyridine rings is 2. The lowest BCUT2D eigenvalue weighted by Crippen LogP contribution is -2.28. The minimum Gasteiger partial charge on any atom is -0.477 e. The number of rotatable bonds is 6. The fourth-order valence-corrected chi connectivity index (χ4v) is 3.00. The second-order valence-electron chi connectivity index (χ2n) is 6.61. The molecule has 0 aliphatic rings. The quantitative estimate of drug-likeness (QED) is 0.420. The fraction of sp³-hybridized carbons (Fsp3) is 0.0909. The van der Waals surface area contributed by atoms with Crippen molar-refractivity contribution in [3.8, 4) is 34.0 Å². The monoisotopic (exact) mass is 430 g/mol. The van der Waals surface area contributed by atoms with E-state index < -0.39 is 12.0 Å². The summed E-state index contributed by atoms with van der Waals surface area (Å²) < 4.78 is 5.89. The molecule has 0 radical (unpaired) electrons. The maximum atomic E-state index is 11.9. The number of aromatic nitrogens is 4. The van der Waals surface area contributed by atoms with E-state index >= 15 is 0 Å². The molecular weight excluding hydrogens is 412 g/mol. The molecule has 3 aromatic heterocycles. The number of aromatic carboxylic acids is 1. The Labute approximate surface area is 182 Å². The van der Waals surface area contributed by atoms with Crippen LogP contribution in [-0.4, -0.2) is 43.8 Å². The molecule has 160 valence electrons. The third kappa shape index (κ3) is 4.43. The lowest BCUT2D eigenvalue weighted by Gasteiger charge is -2.10. The molecule has 0 saturated carbocycles. The molecule has 0 saturated heterocycles. The van der Waals surface area contributed by atoms with E-state index in [-0.39, 0.29) is 17.4 Å². The van der Waals surface area contributed by atoms with Crippen LogP contribution >= 0.6 is 0 Å². The van der Waals surface area contributed by atoms with E-state index in [0.29, 0.717) is 29.1 Å². The zero-order valence-corrected chi connectivity index (χ0v) is 16.9. The molecule has 0 atom stereocenters. The second-order valence-corrected chi connectivity index (χ2v) is 6.61. The van der Waals surface area contributed by atoms with Gasteiger partial charge < -0.3 is 14.8 Å². The highest BCUT2D eigenvalue weighted by Crippen LogP contribution is 2.34. The van der Waals surface area contributed by atoms with Crippen molar-refractivity contribution in [2.75, 3.05) is 11.9 Å². The number of anilines is 1. The maximum Gasteiger partial charge on any atom is 0.354 e. The third-order valence-electron chi connectivity index (χ3n) is 4.45. The van der Waals surface area contributed by atoms with E-state index in [1.165, 1.54) is 18.5 Å². The standard InChI is InChI=1S/C22H18N6O4/c1-2-23-22(31)26-18-11-15(20-28-27-19(32-20)13-6-4-3-5-7-13)16(12-25-18)14-8-9-24-17(10-14)21(29)30/h3-12H,2H2,1H3,(H,29,30)(H2,23,25,26,31). The van der Waals surface area contributed by atoms with Crippen LogP contribution in [0.4, 0.5) is 10.6 Å². The van der Waals surface area contributed by atoms with Gasteiger partial charge in [0, 0.05) is 30.1 Å². The number of benzene rings is 1. The van der Waals surface area contributed by atoms with Gasteiger partial charge in [-0.1, -0.05) is 18.2 Å². The molecule has 3 N–H and O–H groups in total. The Morgan fingerprint density at radius 3 is 2.50 bits per heavy atom. The summed E-state index contributed by atoms with van der Waals surface area (Å²) in [7, 11) is 0. The van der Waals surface area contributed by atoms with Crippen LogP contribution in [0.3, 0.4) is 0 Å². The zero-order chi connectivity index (χ0) is 22.5. The van der Waals surface area contributed by atoms with E-state index in [0.717, 1.165) is 5.56 Å². The number of nitrogens with one attached hydrogen (secondary N) is 2. The highest BCUT2D eigenvalue weighted by molar-refractivity contribution is 5.91. The van der Waals surface area contributed by atoms with Gasteiger partial charge >= 0.3 is 12.0 Å². The number of carbonyl (C=O) groups excluding carboxylic acids is 1. The van der Waals surface area contributed by atoms with Gasteiger partial charge in [0.2, 0.25) is 11.8 Å². The summed E-state index contributed by atoms with van der Waals surface area (Å²) in [5, 5.41) is 22.8. The van der Waals surface area contributed by atoms with Crippen molar-refractivity contribution >= 4 is 17.8 Å². The van der Waals surface area contributed by atoms with Gasteiger partial charge in [0.05, 0.1) is 5.56 Å². The Bertz CT molecular complexity index is 1270. The minimum atomic E-state index is -1.15. The number of carbonyl (C=O) groups is 2. The predicted octanol–water partition coefficient (Wildman–Crippen LogP) is 3.70. The van der Waals surface area contributed by atoms with Crippen LogP contribution in [-0.2, 0) is 0 Å². The fourth-order valence-electron chi connectivity index (χ4n) is 3.00. The molecule has 10 nitrogen and oxygen atoms in total. The van der Waals surface area contributed by atoms with Crippen LogP contribution in [0.5, 0.6) is 0 Å². The summed E-state index contributed by atoms with van der Waals surface area (Å²) in [4.78, 5) is 31.4. The van der Waals surface area contributed by atoms with Gasteiger partial charge in [-0.05, 0) is 42.8 Å². The summed E-state index contributed by atoms with van der Waals surface area (Å²) in [6.45, 7) is 2.25. The summed E-state index contributed by atoms with van der Waals surface area (Å²) in [5.41, 5.74) is 2.20. The number of carboxylic acids is 1. The van der Waals surface area contributed by atoms with Gasteiger partial charge in [0.15, 0.2) is 0 Å². The second kappa shape index (κ2) is 9.04. The molecule has 10 heteroatoms. The van der Waals surface area contributed by atoms with E-state index in [1.54, 1.807) is 19.1 Å². The van der Waals surface area contributed by atoms with E-state index in [2.05, 4.69) is 30.8 Å². The summed E-state index contributed by atoms with van der Waals surface area (Å²) >= 11 is 0. The number of nitrogens with zero attached hydrogens (tertiary/aromatic N) is 4. The van der Waals surface area contributed by atoms with Gasteiger partial charge in [-0.25, -0.2) is 19.6 Å². The molecule has 32 heavy (non-hydrogen) atoms.